The van der Waals surface area contributed by atoms with Crippen molar-refractivity contribution in [3.05, 3.63) is 64.3 Å². The van der Waals surface area contributed by atoms with E-state index < -0.39 is 0 Å². The van der Waals surface area contributed by atoms with E-state index >= 15 is 0 Å². The molecule has 2 N–H and O–H groups in total. The highest BCUT2D eigenvalue weighted by Crippen LogP contribution is 2.25. The zero-order valence-electron chi connectivity index (χ0n) is 16.4. The van der Waals surface area contributed by atoms with Crippen molar-refractivity contribution in [2.45, 2.75) is 38.3 Å². The van der Waals surface area contributed by atoms with Crippen LogP contribution in [0.15, 0.2) is 53.0 Å². The van der Waals surface area contributed by atoms with E-state index in [0.29, 0.717) is 18.0 Å². The van der Waals surface area contributed by atoms with Crippen LogP contribution < -0.4 is 16.2 Å². The van der Waals surface area contributed by atoms with Gasteiger partial charge in [0.05, 0.1) is 29.2 Å². The highest BCUT2D eigenvalue weighted by atomic mass is 32.1. The van der Waals surface area contributed by atoms with Gasteiger partial charge in [0.15, 0.2) is 0 Å². The van der Waals surface area contributed by atoms with Gasteiger partial charge in [0.25, 0.3) is 5.56 Å². The molecular weight excluding hydrogens is 398 g/mol. The molecule has 1 saturated carbocycles. The average Bonchev–Trinajstić information content (AvgIpc) is 3.41. The molecule has 4 aromatic rings. The first-order valence-corrected chi connectivity index (χ1v) is 10.8. The number of thiophene rings is 1. The summed E-state index contributed by atoms with van der Waals surface area (Å²) in [6.45, 7) is 1.87. The van der Waals surface area contributed by atoms with Gasteiger partial charge in [-0.15, -0.1) is 16.4 Å². The molecule has 0 amide bonds. The number of aryl methyl sites for hydroxylation is 1. The van der Waals surface area contributed by atoms with Crippen LogP contribution in [0.1, 0.15) is 25.0 Å². The lowest BCUT2D eigenvalue weighted by atomic mass is 10.2. The van der Waals surface area contributed by atoms with Gasteiger partial charge in [-0.3, -0.25) is 9.36 Å². The van der Waals surface area contributed by atoms with Gasteiger partial charge in [-0.2, -0.15) is 5.10 Å². The molecule has 8 nitrogen and oxygen atoms in total. The van der Waals surface area contributed by atoms with Crippen LogP contribution in [0.4, 0.5) is 11.8 Å². The van der Waals surface area contributed by atoms with Crippen molar-refractivity contribution in [1.29, 1.82) is 0 Å². The summed E-state index contributed by atoms with van der Waals surface area (Å²) in [6.07, 6.45) is 8.28. The Bertz CT molecular complexity index is 1220. The normalized spacial score (nSPS) is 18.6. The number of fused-ring (bicyclic) bond motifs is 1. The first-order chi connectivity index (χ1) is 14.7. The van der Waals surface area contributed by atoms with Crippen molar-refractivity contribution in [3.8, 4) is 5.69 Å². The van der Waals surface area contributed by atoms with Crippen molar-refractivity contribution >= 4 is 33.2 Å². The molecule has 30 heavy (non-hydrogen) atoms. The van der Waals surface area contributed by atoms with Crippen molar-refractivity contribution in [2.24, 2.45) is 0 Å². The van der Waals surface area contributed by atoms with Crippen LogP contribution >= 0.6 is 11.3 Å². The van der Waals surface area contributed by atoms with Gasteiger partial charge in [0.2, 0.25) is 5.95 Å². The molecule has 2 atom stereocenters. The molecule has 0 bridgehead atoms. The lowest BCUT2D eigenvalue weighted by Crippen LogP contribution is -2.22. The fraction of sp³-hybridized carbons (Fsp3) is 0.286. The van der Waals surface area contributed by atoms with Gasteiger partial charge in [-0.25, -0.2) is 9.97 Å². The first-order valence-electron chi connectivity index (χ1n) is 9.90. The zero-order chi connectivity index (χ0) is 20.5. The summed E-state index contributed by atoms with van der Waals surface area (Å²) < 4.78 is 2.63. The Morgan fingerprint density at radius 1 is 1.03 bits per heavy atom. The number of hydrogen-bond acceptors (Lipinski definition) is 8. The molecule has 0 radical (unpaired) electrons. The van der Waals surface area contributed by atoms with Gasteiger partial charge >= 0.3 is 0 Å². The van der Waals surface area contributed by atoms with E-state index in [1.807, 2.05) is 36.6 Å². The van der Waals surface area contributed by atoms with E-state index in [4.69, 9.17) is 0 Å². The Kier molecular flexibility index (Phi) is 4.88. The maximum absolute atomic E-state index is 12.7. The number of rotatable bonds is 5. The van der Waals surface area contributed by atoms with E-state index in [2.05, 4.69) is 30.8 Å². The Hall–Kier alpha value is -3.33. The van der Waals surface area contributed by atoms with E-state index in [0.717, 1.165) is 46.5 Å². The summed E-state index contributed by atoms with van der Waals surface area (Å²) in [5.74, 6) is 1.38. The first kappa shape index (κ1) is 18.7. The van der Waals surface area contributed by atoms with E-state index in [-0.39, 0.29) is 5.56 Å². The Balaban J connectivity index is 1.23. The predicted molar refractivity (Wildman–Crippen MR) is 118 cm³/mol. The third kappa shape index (κ3) is 3.76. The molecule has 0 saturated heterocycles. The van der Waals surface area contributed by atoms with Gasteiger partial charge in [0.1, 0.15) is 5.82 Å². The molecule has 9 heteroatoms. The predicted octanol–water partition coefficient (Wildman–Crippen LogP) is 3.39. The molecule has 0 aliphatic heterocycles. The fourth-order valence-electron chi connectivity index (χ4n) is 3.82. The second kappa shape index (κ2) is 7.83. The Labute approximate surface area is 177 Å². The lowest BCUT2D eigenvalue weighted by Gasteiger charge is -2.15. The van der Waals surface area contributed by atoms with Crippen molar-refractivity contribution in [3.63, 3.8) is 0 Å². The Morgan fingerprint density at radius 2 is 1.90 bits per heavy atom. The third-order valence-electron chi connectivity index (χ3n) is 5.34. The summed E-state index contributed by atoms with van der Waals surface area (Å²) in [5.41, 5.74) is 1.54. The number of nitrogens with one attached hydrogen (secondary N) is 2. The largest absolute Gasteiger partial charge is 0.367 e. The van der Waals surface area contributed by atoms with Gasteiger partial charge in [0, 0.05) is 23.0 Å². The van der Waals surface area contributed by atoms with E-state index in [1.165, 1.54) is 0 Å². The number of anilines is 2. The SMILES string of the molecule is Cc1cnc(N[C@H]2CC[C@H](Nc3ccc(-n4ccc5sccc5c4=O)cn3)C2)nn1. The van der Waals surface area contributed by atoms with Crippen LogP contribution in [0.5, 0.6) is 0 Å². The minimum absolute atomic E-state index is 0.0196. The molecule has 1 aliphatic rings. The highest BCUT2D eigenvalue weighted by molar-refractivity contribution is 7.17. The molecule has 1 aliphatic carbocycles. The molecule has 0 aromatic carbocycles. The number of aromatic nitrogens is 5. The smallest absolute Gasteiger partial charge is 0.263 e. The van der Waals surface area contributed by atoms with Crippen molar-refractivity contribution in [2.75, 3.05) is 10.6 Å². The van der Waals surface area contributed by atoms with Crippen LogP contribution in [0.3, 0.4) is 0 Å². The number of pyridine rings is 2. The van der Waals surface area contributed by atoms with Crippen molar-refractivity contribution < 1.29 is 0 Å². The lowest BCUT2D eigenvalue weighted by molar-refractivity contribution is 0.712. The average molecular weight is 420 g/mol. The fourth-order valence-corrected chi connectivity index (χ4v) is 4.59. The summed E-state index contributed by atoms with van der Waals surface area (Å²) in [4.78, 5) is 21.5. The Morgan fingerprint density at radius 3 is 2.67 bits per heavy atom. The second-order valence-corrected chi connectivity index (χ2v) is 8.46. The monoisotopic (exact) mass is 419 g/mol. The molecule has 0 unspecified atom stereocenters. The maximum Gasteiger partial charge on any atom is 0.263 e. The van der Waals surface area contributed by atoms with Crippen LogP contribution in [0.25, 0.3) is 15.8 Å². The van der Waals surface area contributed by atoms with Crippen LogP contribution in [-0.4, -0.2) is 36.8 Å². The van der Waals surface area contributed by atoms with Crippen LogP contribution in [0.2, 0.25) is 0 Å². The quantitative estimate of drug-likeness (QED) is 0.512. The molecule has 1 fully saturated rings. The van der Waals surface area contributed by atoms with Crippen molar-refractivity contribution in [1.82, 2.24) is 24.7 Å². The van der Waals surface area contributed by atoms with Gasteiger partial charge < -0.3 is 10.6 Å². The number of nitrogens with zero attached hydrogens (tertiary/aromatic N) is 5. The van der Waals surface area contributed by atoms with Gasteiger partial charge in [-0.05, 0) is 55.8 Å². The van der Waals surface area contributed by atoms with Crippen LogP contribution in [-0.2, 0) is 0 Å². The molecule has 5 rings (SSSR count). The molecule has 152 valence electrons. The minimum Gasteiger partial charge on any atom is -0.367 e. The molecule has 4 aromatic heterocycles. The summed E-state index contributed by atoms with van der Waals surface area (Å²) in [6, 6.07) is 8.31. The van der Waals surface area contributed by atoms with Gasteiger partial charge in [-0.1, -0.05) is 0 Å². The third-order valence-corrected chi connectivity index (χ3v) is 6.22. The standard InChI is InChI=1S/C21H21N7OS/c1-13-11-23-21(27-26-13)25-15-3-2-14(10-15)24-19-5-4-16(12-22-19)28-8-6-18-17(20(28)29)7-9-30-18/h4-9,11-12,14-15H,2-3,10H2,1H3,(H,22,24)(H,23,25,27)/t14-,15-/m0/s1. The molecular formula is C21H21N7OS. The summed E-state index contributed by atoms with van der Waals surface area (Å²) in [5, 5.41) is 17.6. The maximum atomic E-state index is 12.7. The van der Waals surface area contributed by atoms with E-state index in [1.54, 1.807) is 34.5 Å². The number of hydrogen-bond donors (Lipinski definition) is 2. The molecule has 4 heterocycles. The zero-order valence-corrected chi connectivity index (χ0v) is 17.3. The topological polar surface area (TPSA) is 97.6 Å². The minimum atomic E-state index is -0.0196. The summed E-state index contributed by atoms with van der Waals surface area (Å²) >= 11 is 1.57. The van der Waals surface area contributed by atoms with Crippen LogP contribution in [0, 0.1) is 6.92 Å². The van der Waals surface area contributed by atoms with E-state index in [9.17, 15) is 4.79 Å². The highest BCUT2D eigenvalue weighted by Gasteiger charge is 2.25. The molecule has 0 spiro atoms. The summed E-state index contributed by atoms with van der Waals surface area (Å²) in [7, 11) is 0. The second-order valence-electron chi connectivity index (χ2n) is 7.51.